The van der Waals surface area contributed by atoms with E-state index in [2.05, 4.69) is 49.9 Å². The van der Waals surface area contributed by atoms with Gasteiger partial charge in [0, 0.05) is 22.9 Å². The van der Waals surface area contributed by atoms with Gasteiger partial charge in [-0.2, -0.15) is 15.0 Å². The molecule has 0 amide bonds. The Bertz CT molecular complexity index is 1120. The summed E-state index contributed by atoms with van der Waals surface area (Å²) in [7, 11) is -3.54. The Labute approximate surface area is 186 Å². The van der Waals surface area contributed by atoms with Crippen LogP contribution in [0.15, 0.2) is 35.6 Å². The Balaban J connectivity index is 1.74. The molecule has 1 aromatic carbocycles. The summed E-state index contributed by atoms with van der Waals surface area (Å²) in [6, 6.07) is 7.88. The Morgan fingerprint density at radius 2 is 1.90 bits per heavy atom. The molecule has 0 aliphatic heterocycles. The van der Waals surface area contributed by atoms with Crippen LogP contribution >= 0.6 is 11.8 Å². The molecule has 0 fully saturated rings. The zero-order valence-electron chi connectivity index (χ0n) is 17.8. The fourth-order valence-electron chi connectivity index (χ4n) is 3.22. The van der Waals surface area contributed by atoms with E-state index in [0.29, 0.717) is 16.8 Å². The predicted molar refractivity (Wildman–Crippen MR) is 125 cm³/mol. The molecule has 3 aromatic rings. The number of aromatic nitrogens is 4. The van der Waals surface area contributed by atoms with Gasteiger partial charge in [0.1, 0.15) is 0 Å². The van der Waals surface area contributed by atoms with Crippen LogP contribution in [0.1, 0.15) is 25.8 Å². The Kier molecular flexibility index (Phi) is 7.74. The number of hydrogen-bond donors (Lipinski definition) is 4. The van der Waals surface area contributed by atoms with E-state index in [0.717, 1.165) is 24.6 Å². The van der Waals surface area contributed by atoms with Crippen molar-refractivity contribution in [2.75, 3.05) is 28.7 Å². The number of fused-ring (bicyclic) bond motifs is 1. The number of anilines is 2. The van der Waals surface area contributed by atoms with Crippen LogP contribution in [0.4, 0.5) is 11.9 Å². The number of aliphatic hydroxyl groups excluding tert-OH is 1. The van der Waals surface area contributed by atoms with E-state index in [4.69, 9.17) is 0 Å². The molecule has 1 atom stereocenters. The number of aryl methyl sites for hydroxylation is 1. The third kappa shape index (κ3) is 7.08. The van der Waals surface area contributed by atoms with E-state index in [-0.39, 0.29) is 24.5 Å². The summed E-state index contributed by atoms with van der Waals surface area (Å²) in [6.07, 6.45) is 4.56. The molecule has 3 rings (SSSR count). The Hall–Kier alpha value is -2.37. The number of H-pyrrole nitrogens is 1. The normalized spacial score (nSPS) is 12.9. The van der Waals surface area contributed by atoms with Gasteiger partial charge in [-0.3, -0.25) is 4.72 Å². The lowest BCUT2D eigenvalue weighted by Crippen LogP contribution is -2.27. The Morgan fingerprint density at radius 1 is 1.16 bits per heavy atom. The van der Waals surface area contributed by atoms with E-state index >= 15 is 0 Å². The molecular formula is C20H28N6O3S2. The van der Waals surface area contributed by atoms with Crippen molar-refractivity contribution in [3.05, 3.63) is 36.0 Å². The molecule has 0 saturated carbocycles. The zero-order valence-corrected chi connectivity index (χ0v) is 19.4. The molecule has 4 N–H and O–H groups in total. The van der Waals surface area contributed by atoms with Crippen molar-refractivity contribution in [2.45, 2.75) is 37.9 Å². The highest BCUT2D eigenvalue weighted by Gasteiger charge is 2.15. The fourth-order valence-corrected chi connectivity index (χ4v) is 4.45. The summed E-state index contributed by atoms with van der Waals surface area (Å²) < 4.78 is 25.6. The maximum absolute atomic E-state index is 11.7. The first kappa shape index (κ1) is 23.3. The summed E-state index contributed by atoms with van der Waals surface area (Å²) in [5, 5.41) is 14.3. The van der Waals surface area contributed by atoms with E-state index in [9.17, 15) is 13.5 Å². The molecule has 2 heterocycles. The van der Waals surface area contributed by atoms with Crippen LogP contribution in [-0.4, -0.2) is 58.1 Å². The van der Waals surface area contributed by atoms with Crippen LogP contribution in [0, 0.1) is 5.92 Å². The van der Waals surface area contributed by atoms with Gasteiger partial charge in [0.2, 0.25) is 21.9 Å². The molecule has 9 nitrogen and oxygen atoms in total. The third-order valence-electron chi connectivity index (χ3n) is 4.48. The van der Waals surface area contributed by atoms with Gasteiger partial charge in [-0.25, -0.2) is 8.42 Å². The van der Waals surface area contributed by atoms with E-state index < -0.39 is 10.0 Å². The average Bonchev–Trinajstić information content (AvgIpc) is 3.09. The largest absolute Gasteiger partial charge is 0.394 e. The molecule has 2 aromatic heterocycles. The fraction of sp³-hybridized carbons (Fsp3) is 0.450. The van der Waals surface area contributed by atoms with Gasteiger partial charge in [0.25, 0.3) is 0 Å². The van der Waals surface area contributed by atoms with Gasteiger partial charge in [-0.1, -0.05) is 43.8 Å². The second-order valence-corrected chi connectivity index (χ2v) is 10.6. The quantitative estimate of drug-likeness (QED) is 0.318. The number of nitrogens with one attached hydrogen (secondary N) is 3. The second kappa shape index (κ2) is 10.3. The SMILES string of the molecule is CC(C)C[C@H](CO)Nc1nc(NS(C)(=O)=O)nc(SCCc2c[nH]c3ccccc23)n1. The molecule has 11 heteroatoms. The molecule has 0 aliphatic carbocycles. The predicted octanol–water partition coefficient (Wildman–Crippen LogP) is 2.88. The van der Waals surface area contributed by atoms with Crippen molar-refractivity contribution >= 4 is 44.6 Å². The van der Waals surface area contributed by atoms with Crippen molar-refractivity contribution in [1.29, 1.82) is 0 Å². The third-order valence-corrected chi connectivity index (χ3v) is 5.88. The molecule has 0 bridgehead atoms. The van der Waals surface area contributed by atoms with Crippen molar-refractivity contribution in [3.8, 4) is 0 Å². The van der Waals surface area contributed by atoms with Gasteiger partial charge in [-0.15, -0.1) is 0 Å². The smallest absolute Gasteiger partial charge is 0.242 e. The summed E-state index contributed by atoms with van der Waals surface area (Å²) in [6.45, 7) is 4.03. The summed E-state index contributed by atoms with van der Waals surface area (Å²) in [4.78, 5) is 16.1. The van der Waals surface area contributed by atoms with Crippen LogP contribution in [-0.2, 0) is 16.4 Å². The van der Waals surface area contributed by atoms with Gasteiger partial charge >= 0.3 is 0 Å². The number of sulfonamides is 1. The van der Waals surface area contributed by atoms with E-state index in [1.807, 2.05) is 24.4 Å². The van der Waals surface area contributed by atoms with Crippen molar-refractivity contribution in [3.63, 3.8) is 0 Å². The maximum Gasteiger partial charge on any atom is 0.242 e. The first-order chi connectivity index (χ1) is 14.7. The van der Waals surface area contributed by atoms with Crippen LogP contribution in [0.2, 0.25) is 0 Å². The monoisotopic (exact) mass is 464 g/mol. The number of nitrogens with zero attached hydrogens (tertiary/aromatic N) is 3. The average molecular weight is 465 g/mol. The van der Waals surface area contributed by atoms with Gasteiger partial charge in [0.05, 0.1) is 18.9 Å². The zero-order chi connectivity index (χ0) is 22.4. The molecule has 0 aliphatic rings. The number of aromatic amines is 1. The molecule has 0 saturated heterocycles. The molecule has 168 valence electrons. The second-order valence-electron chi connectivity index (χ2n) is 7.75. The lowest BCUT2D eigenvalue weighted by atomic mass is 10.0. The number of benzene rings is 1. The minimum atomic E-state index is -3.54. The molecule has 0 spiro atoms. The molecular weight excluding hydrogens is 436 g/mol. The summed E-state index contributed by atoms with van der Waals surface area (Å²) >= 11 is 1.42. The van der Waals surface area contributed by atoms with Crippen molar-refractivity contribution in [2.24, 2.45) is 5.92 Å². The van der Waals surface area contributed by atoms with Crippen LogP contribution < -0.4 is 10.0 Å². The number of thioether (sulfide) groups is 1. The molecule has 0 unspecified atom stereocenters. The molecule has 0 radical (unpaired) electrons. The topological polar surface area (TPSA) is 133 Å². The number of hydrogen-bond acceptors (Lipinski definition) is 8. The van der Waals surface area contributed by atoms with Crippen LogP contribution in [0.5, 0.6) is 0 Å². The minimum Gasteiger partial charge on any atom is -0.394 e. The Morgan fingerprint density at radius 3 is 2.61 bits per heavy atom. The highest BCUT2D eigenvalue weighted by atomic mass is 32.2. The van der Waals surface area contributed by atoms with Gasteiger partial charge < -0.3 is 15.4 Å². The van der Waals surface area contributed by atoms with Crippen LogP contribution in [0.25, 0.3) is 10.9 Å². The van der Waals surface area contributed by atoms with Crippen molar-refractivity contribution in [1.82, 2.24) is 19.9 Å². The lowest BCUT2D eigenvalue weighted by Gasteiger charge is -2.18. The van der Waals surface area contributed by atoms with Gasteiger partial charge in [0.15, 0.2) is 5.16 Å². The summed E-state index contributed by atoms with van der Waals surface area (Å²) in [5.41, 5.74) is 2.29. The highest BCUT2D eigenvalue weighted by Crippen LogP contribution is 2.23. The number of para-hydroxylation sites is 1. The van der Waals surface area contributed by atoms with Crippen molar-refractivity contribution < 1.29 is 13.5 Å². The summed E-state index contributed by atoms with van der Waals surface area (Å²) in [5.74, 6) is 1.26. The number of rotatable bonds is 11. The standard InChI is InChI=1S/C20H28N6O3S2/c1-13(2)10-15(12-27)22-18-23-19(26-31(3,28)29)25-20(24-18)30-9-8-14-11-21-17-7-5-4-6-16(14)17/h4-7,11,13,15,21,27H,8-10,12H2,1-3H3,(H2,22,23,24,25,26)/t15-/m1/s1. The van der Waals surface area contributed by atoms with Gasteiger partial charge in [-0.05, 0) is 30.4 Å². The van der Waals surface area contributed by atoms with E-state index in [1.165, 1.54) is 22.7 Å². The minimum absolute atomic E-state index is 0.0455. The first-order valence-corrected chi connectivity index (χ1v) is 12.9. The van der Waals surface area contributed by atoms with Crippen LogP contribution in [0.3, 0.4) is 0 Å². The maximum atomic E-state index is 11.7. The lowest BCUT2D eigenvalue weighted by molar-refractivity contribution is 0.259. The van der Waals surface area contributed by atoms with E-state index in [1.54, 1.807) is 0 Å². The first-order valence-electron chi connectivity index (χ1n) is 10.0. The highest BCUT2D eigenvalue weighted by molar-refractivity contribution is 7.99. The molecule has 31 heavy (non-hydrogen) atoms. The number of aliphatic hydroxyl groups is 1.